The number of ether oxygens (including phenoxy) is 1. The van der Waals surface area contributed by atoms with E-state index in [1.165, 1.54) is 19.4 Å². The number of methoxy groups -OCH3 is 1. The van der Waals surface area contributed by atoms with Crippen LogP contribution in [0.1, 0.15) is 40.5 Å². The monoisotopic (exact) mass is 213 g/mol. The van der Waals surface area contributed by atoms with Gasteiger partial charge in [0.25, 0.3) is 0 Å². The minimum absolute atomic E-state index is 0.436. The topological polar surface area (TPSA) is 12.5 Å². The maximum Gasteiger partial charge on any atom is 0.0589 e. The molecule has 0 spiro atoms. The molecule has 2 heteroatoms. The Morgan fingerprint density at radius 2 is 2.00 bits per heavy atom. The molecule has 0 aliphatic carbocycles. The molecule has 15 heavy (non-hydrogen) atoms. The quantitative estimate of drug-likeness (QED) is 0.715. The fraction of sp³-hybridized carbons (Fsp3) is 1.00. The van der Waals surface area contributed by atoms with Crippen LogP contribution in [-0.2, 0) is 4.74 Å². The van der Waals surface area contributed by atoms with Gasteiger partial charge in [0.15, 0.2) is 0 Å². The van der Waals surface area contributed by atoms with Crippen molar-refractivity contribution in [3.63, 3.8) is 0 Å². The van der Waals surface area contributed by atoms with Gasteiger partial charge in [-0.05, 0) is 37.6 Å². The van der Waals surface area contributed by atoms with E-state index in [-0.39, 0.29) is 0 Å². The lowest BCUT2D eigenvalue weighted by atomic mass is 9.72. The Balaban J connectivity index is 2.55. The van der Waals surface area contributed by atoms with Crippen molar-refractivity contribution in [2.75, 3.05) is 26.8 Å². The Hall–Kier alpha value is -0.0800. The molecule has 90 valence electrons. The third kappa shape index (κ3) is 3.46. The Labute approximate surface area is 95.0 Å². The van der Waals surface area contributed by atoms with Crippen LogP contribution in [0.25, 0.3) is 0 Å². The summed E-state index contributed by atoms with van der Waals surface area (Å²) in [6.45, 7) is 12.7. The molecule has 0 N–H and O–H groups in total. The lowest BCUT2D eigenvalue weighted by Crippen LogP contribution is -2.48. The van der Waals surface area contributed by atoms with Gasteiger partial charge in [0, 0.05) is 19.7 Å². The van der Waals surface area contributed by atoms with Gasteiger partial charge in [-0.25, -0.2) is 0 Å². The smallest absolute Gasteiger partial charge is 0.0589 e. The summed E-state index contributed by atoms with van der Waals surface area (Å²) in [4.78, 5) is 2.59. The molecule has 1 saturated heterocycles. The number of likely N-dealkylation sites (tertiary alicyclic amines) is 1. The molecule has 0 aromatic rings. The van der Waals surface area contributed by atoms with Gasteiger partial charge in [-0.3, -0.25) is 4.90 Å². The first kappa shape index (κ1) is 13.0. The maximum atomic E-state index is 5.17. The van der Waals surface area contributed by atoms with E-state index in [2.05, 4.69) is 32.6 Å². The van der Waals surface area contributed by atoms with Crippen molar-refractivity contribution in [2.45, 2.75) is 46.6 Å². The molecule has 0 unspecified atom stereocenters. The van der Waals surface area contributed by atoms with Crippen molar-refractivity contribution in [1.82, 2.24) is 4.90 Å². The molecule has 1 aliphatic heterocycles. The summed E-state index contributed by atoms with van der Waals surface area (Å²) in [6.07, 6.45) is 2.73. The van der Waals surface area contributed by atoms with Crippen LogP contribution in [0.4, 0.5) is 0 Å². The third-order valence-electron chi connectivity index (χ3n) is 3.81. The van der Waals surface area contributed by atoms with Gasteiger partial charge < -0.3 is 4.74 Å². The van der Waals surface area contributed by atoms with E-state index in [4.69, 9.17) is 4.74 Å². The van der Waals surface area contributed by atoms with E-state index >= 15 is 0 Å². The largest absolute Gasteiger partial charge is 0.383 e. The summed E-state index contributed by atoms with van der Waals surface area (Å²) in [5.41, 5.74) is 0.436. The lowest BCUT2D eigenvalue weighted by molar-refractivity contribution is 0.0257. The second-order valence-electron chi connectivity index (χ2n) is 5.88. The SMILES string of the molecule is COCCN1CCC[C@@H](C(C)(C)C)[C@@H]1C. The van der Waals surface area contributed by atoms with E-state index in [1.807, 2.05) is 0 Å². The Bertz CT molecular complexity index is 185. The summed E-state index contributed by atoms with van der Waals surface area (Å²) < 4.78 is 5.17. The van der Waals surface area contributed by atoms with Gasteiger partial charge in [-0.1, -0.05) is 20.8 Å². The van der Waals surface area contributed by atoms with Crippen LogP contribution in [0, 0.1) is 11.3 Å². The highest BCUT2D eigenvalue weighted by atomic mass is 16.5. The molecular formula is C13H27NO. The van der Waals surface area contributed by atoms with Crippen LogP contribution in [0.2, 0.25) is 0 Å². The highest BCUT2D eigenvalue weighted by Gasteiger charge is 2.35. The molecule has 0 aromatic carbocycles. The Morgan fingerprint density at radius 1 is 1.33 bits per heavy atom. The minimum atomic E-state index is 0.436. The zero-order valence-corrected chi connectivity index (χ0v) is 11.0. The average molecular weight is 213 g/mol. The van der Waals surface area contributed by atoms with Crippen molar-refractivity contribution in [2.24, 2.45) is 11.3 Å². The van der Waals surface area contributed by atoms with Gasteiger partial charge in [-0.15, -0.1) is 0 Å². The van der Waals surface area contributed by atoms with Gasteiger partial charge in [0.1, 0.15) is 0 Å². The first-order chi connectivity index (χ1) is 6.96. The van der Waals surface area contributed by atoms with E-state index in [9.17, 15) is 0 Å². The van der Waals surface area contributed by atoms with Gasteiger partial charge in [0.2, 0.25) is 0 Å². The normalized spacial score (nSPS) is 29.4. The molecule has 0 amide bonds. The van der Waals surface area contributed by atoms with Crippen LogP contribution < -0.4 is 0 Å². The van der Waals surface area contributed by atoms with Gasteiger partial charge >= 0.3 is 0 Å². The molecule has 0 aromatic heterocycles. The first-order valence-electron chi connectivity index (χ1n) is 6.20. The molecule has 1 aliphatic rings. The van der Waals surface area contributed by atoms with Crippen molar-refractivity contribution < 1.29 is 4.74 Å². The summed E-state index contributed by atoms with van der Waals surface area (Å²) in [7, 11) is 1.79. The number of piperidine rings is 1. The second kappa shape index (κ2) is 5.31. The number of nitrogens with zero attached hydrogens (tertiary/aromatic N) is 1. The van der Waals surface area contributed by atoms with E-state index in [1.54, 1.807) is 7.11 Å². The van der Waals surface area contributed by atoms with E-state index in [0.717, 1.165) is 19.1 Å². The van der Waals surface area contributed by atoms with Crippen LogP contribution in [0.15, 0.2) is 0 Å². The van der Waals surface area contributed by atoms with Crippen LogP contribution in [-0.4, -0.2) is 37.7 Å². The van der Waals surface area contributed by atoms with E-state index < -0.39 is 0 Å². The highest BCUT2D eigenvalue weighted by molar-refractivity contribution is 4.87. The van der Waals surface area contributed by atoms with Crippen molar-refractivity contribution >= 4 is 0 Å². The molecule has 2 atom stereocenters. The standard InChI is InChI=1S/C13H27NO/c1-11-12(13(2,3)4)7-6-8-14(11)9-10-15-5/h11-12H,6-10H2,1-5H3/t11-,12+/m0/s1. The third-order valence-corrected chi connectivity index (χ3v) is 3.81. The molecule has 2 nitrogen and oxygen atoms in total. The maximum absolute atomic E-state index is 5.17. The molecular weight excluding hydrogens is 186 g/mol. The van der Waals surface area contributed by atoms with Crippen LogP contribution in [0.3, 0.4) is 0 Å². The fourth-order valence-electron chi connectivity index (χ4n) is 2.89. The van der Waals surface area contributed by atoms with Crippen molar-refractivity contribution in [3.8, 4) is 0 Å². The number of rotatable bonds is 3. The summed E-state index contributed by atoms with van der Waals surface area (Å²) in [5, 5.41) is 0. The molecule has 0 bridgehead atoms. The van der Waals surface area contributed by atoms with Gasteiger partial charge in [0.05, 0.1) is 6.61 Å². The molecule has 1 fully saturated rings. The van der Waals surface area contributed by atoms with Crippen molar-refractivity contribution in [1.29, 1.82) is 0 Å². The summed E-state index contributed by atoms with van der Waals surface area (Å²) in [6, 6.07) is 0.703. The van der Waals surface area contributed by atoms with Crippen LogP contribution in [0.5, 0.6) is 0 Å². The zero-order valence-electron chi connectivity index (χ0n) is 11.0. The number of hydrogen-bond donors (Lipinski definition) is 0. The minimum Gasteiger partial charge on any atom is -0.383 e. The summed E-state index contributed by atoms with van der Waals surface area (Å²) in [5.74, 6) is 0.822. The Kier molecular flexibility index (Phi) is 4.60. The highest BCUT2D eigenvalue weighted by Crippen LogP contribution is 2.37. The van der Waals surface area contributed by atoms with E-state index in [0.29, 0.717) is 11.5 Å². The second-order valence-corrected chi connectivity index (χ2v) is 5.88. The lowest BCUT2D eigenvalue weighted by Gasteiger charge is -2.45. The summed E-state index contributed by atoms with van der Waals surface area (Å²) >= 11 is 0. The average Bonchev–Trinajstić information content (AvgIpc) is 2.14. The first-order valence-corrected chi connectivity index (χ1v) is 6.20. The van der Waals surface area contributed by atoms with Gasteiger partial charge in [-0.2, -0.15) is 0 Å². The predicted octanol–water partition coefficient (Wildman–Crippen LogP) is 2.78. The molecule has 1 heterocycles. The molecule has 1 rings (SSSR count). The zero-order chi connectivity index (χ0) is 11.5. The van der Waals surface area contributed by atoms with Crippen LogP contribution >= 0.6 is 0 Å². The molecule has 0 saturated carbocycles. The number of hydrogen-bond acceptors (Lipinski definition) is 2. The molecule has 0 radical (unpaired) electrons. The fourth-order valence-corrected chi connectivity index (χ4v) is 2.89. The Morgan fingerprint density at radius 3 is 2.53 bits per heavy atom. The predicted molar refractivity (Wildman–Crippen MR) is 65.1 cm³/mol. The van der Waals surface area contributed by atoms with Crippen molar-refractivity contribution in [3.05, 3.63) is 0 Å².